The summed E-state index contributed by atoms with van der Waals surface area (Å²) in [5.41, 5.74) is 1.47. The van der Waals surface area contributed by atoms with E-state index < -0.39 is 0 Å². The second-order valence-electron chi connectivity index (χ2n) is 4.85. The topological polar surface area (TPSA) is 24.9 Å². The predicted molar refractivity (Wildman–Crippen MR) is 70.1 cm³/mol. The molecule has 3 heteroatoms. The van der Waals surface area contributed by atoms with E-state index in [1.807, 2.05) is 11.3 Å². The van der Waals surface area contributed by atoms with Crippen molar-refractivity contribution >= 4 is 11.3 Å². The van der Waals surface area contributed by atoms with Gasteiger partial charge in [0.05, 0.1) is 11.2 Å². The highest BCUT2D eigenvalue weighted by Gasteiger charge is 2.30. The van der Waals surface area contributed by atoms with Gasteiger partial charge in [0.1, 0.15) is 5.01 Å². The van der Waals surface area contributed by atoms with Crippen molar-refractivity contribution in [3.63, 3.8) is 0 Å². The van der Waals surface area contributed by atoms with E-state index in [4.69, 9.17) is 4.98 Å². The fraction of sp³-hybridized carbons (Fsp3) is 0.769. The Balaban J connectivity index is 2.24. The van der Waals surface area contributed by atoms with Gasteiger partial charge in [-0.05, 0) is 39.2 Å². The molecule has 16 heavy (non-hydrogen) atoms. The minimum atomic E-state index is 0.0957. The molecular formula is C13H22N2S. The standard InChI is InChI=1S/C13H22N2S/c1-4-9-13(3,14-5-2)12-15-10-7-6-8-11(10)16-12/h14H,4-9H2,1-3H3. The van der Waals surface area contributed by atoms with Crippen LogP contribution in [-0.4, -0.2) is 11.5 Å². The molecule has 1 aliphatic rings. The molecule has 0 amide bonds. The van der Waals surface area contributed by atoms with E-state index in [-0.39, 0.29) is 5.54 Å². The average Bonchev–Trinajstić information content (AvgIpc) is 2.77. The second-order valence-corrected chi connectivity index (χ2v) is 5.94. The van der Waals surface area contributed by atoms with Gasteiger partial charge < -0.3 is 5.32 Å². The van der Waals surface area contributed by atoms with Gasteiger partial charge in [-0.15, -0.1) is 11.3 Å². The lowest BCUT2D eigenvalue weighted by atomic mass is 9.97. The van der Waals surface area contributed by atoms with Gasteiger partial charge in [0.25, 0.3) is 0 Å². The molecule has 0 spiro atoms. The molecule has 1 aromatic heterocycles. The Morgan fingerprint density at radius 2 is 2.19 bits per heavy atom. The third kappa shape index (κ3) is 2.16. The minimum absolute atomic E-state index is 0.0957. The Hall–Kier alpha value is -0.410. The first kappa shape index (κ1) is 12.1. The van der Waals surface area contributed by atoms with Crippen molar-refractivity contribution in [1.82, 2.24) is 10.3 Å². The Morgan fingerprint density at radius 1 is 1.38 bits per heavy atom. The summed E-state index contributed by atoms with van der Waals surface area (Å²) in [7, 11) is 0. The van der Waals surface area contributed by atoms with Crippen LogP contribution in [0.2, 0.25) is 0 Å². The molecular weight excluding hydrogens is 216 g/mol. The molecule has 0 radical (unpaired) electrons. The summed E-state index contributed by atoms with van der Waals surface area (Å²) in [6.07, 6.45) is 6.13. The number of fused-ring (bicyclic) bond motifs is 1. The summed E-state index contributed by atoms with van der Waals surface area (Å²) >= 11 is 1.94. The number of aromatic nitrogens is 1. The number of aryl methyl sites for hydroxylation is 2. The zero-order valence-corrected chi connectivity index (χ0v) is 11.4. The molecule has 90 valence electrons. The Bertz CT molecular complexity index is 329. The van der Waals surface area contributed by atoms with Crippen molar-refractivity contribution in [2.24, 2.45) is 0 Å². The van der Waals surface area contributed by atoms with Crippen LogP contribution >= 0.6 is 11.3 Å². The maximum absolute atomic E-state index is 4.86. The Morgan fingerprint density at radius 3 is 2.81 bits per heavy atom. The van der Waals surface area contributed by atoms with E-state index in [1.54, 1.807) is 0 Å². The summed E-state index contributed by atoms with van der Waals surface area (Å²) in [6.45, 7) is 7.74. The highest BCUT2D eigenvalue weighted by atomic mass is 32.1. The van der Waals surface area contributed by atoms with Crippen molar-refractivity contribution < 1.29 is 0 Å². The molecule has 2 nitrogen and oxygen atoms in total. The van der Waals surface area contributed by atoms with Gasteiger partial charge in [0.2, 0.25) is 0 Å². The van der Waals surface area contributed by atoms with Crippen LogP contribution in [0.15, 0.2) is 0 Å². The van der Waals surface area contributed by atoms with Gasteiger partial charge in [0, 0.05) is 4.88 Å². The fourth-order valence-corrected chi connectivity index (χ4v) is 3.89. The van der Waals surface area contributed by atoms with Crippen LogP contribution in [0.5, 0.6) is 0 Å². The molecule has 1 N–H and O–H groups in total. The van der Waals surface area contributed by atoms with Gasteiger partial charge >= 0.3 is 0 Å². The normalized spacial score (nSPS) is 18.4. The molecule has 2 rings (SSSR count). The summed E-state index contributed by atoms with van der Waals surface area (Å²) in [5.74, 6) is 0. The first-order valence-corrected chi connectivity index (χ1v) is 7.25. The van der Waals surface area contributed by atoms with Crippen LogP contribution in [0, 0.1) is 0 Å². The van der Waals surface area contributed by atoms with E-state index in [1.165, 1.54) is 47.7 Å². The van der Waals surface area contributed by atoms with Gasteiger partial charge in [-0.3, -0.25) is 0 Å². The highest BCUT2D eigenvalue weighted by Crippen LogP contribution is 2.35. The molecule has 0 saturated heterocycles. The molecule has 0 aliphatic heterocycles. The highest BCUT2D eigenvalue weighted by molar-refractivity contribution is 7.12. The van der Waals surface area contributed by atoms with Crippen LogP contribution in [0.1, 0.15) is 55.6 Å². The van der Waals surface area contributed by atoms with Gasteiger partial charge in [-0.25, -0.2) is 4.98 Å². The summed E-state index contributed by atoms with van der Waals surface area (Å²) < 4.78 is 0. The van der Waals surface area contributed by atoms with Gasteiger partial charge in [-0.2, -0.15) is 0 Å². The molecule has 1 aliphatic carbocycles. The molecule has 1 heterocycles. The molecule has 0 saturated carbocycles. The van der Waals surface area contributed by atoms with Crippen LogP contribution in [-0.2, 0) is 18.4 Å². The van der Waals surface area contributed by atoms with E-state index in [9.17, 15) is 0 Å². The number of hydrogen-bond donors (Lipinski definition) is 1. The van der Waals surface area contributed by atoms with Crippen LogP contribution in [0.4, 0.5) is 0 Å². The van der Waals surface area contributed by atoms with E-state index in [0.29, 0.717) is 0 Å². The first-order valence-electron chi connectivity index (χ1n) is 6.43. The number of thiazole rings is 1. The fourth-order valence-electron chi connectivity index (χ4n) is 2.59. The minimum Gasteiger partial charge on any atom is -0.306 e. The summed E-state index contributed by atoms with van der Waals surface area (Å²) in [6, 6.07) is 0. The number of rotatable bonds is 5. The van der Waals surface area contributed by atoms with E-state index in [2.05, 4.69) is 26.1 Å². The third-order valence-electron chi connectivity index (χ3n) is 3.38. The second kappa shape index (κ2) is 4.84. The number of hydrogen-bond acceptors (Lipinski definition) is 3. The molecule has 0 aromatic carbocycles. The van der Waals surface area contributed by atoms with Crippen LogP contribution in [0.3, 0.4) is 0 Å². The maximum Gasteiger partial charge on any atom is 0.113 e. The lowest BCUT2D eigenvalue weighted by Gasteiger charge is -2.28. The monoisotopic (exact) mass is 238 g/mol. The molecule has 0 fully saturated rings. The van der Waals surface area contributed by atoms with Crippen molar-refractivity contribution in [3.8, 4) is 0 Å². The van der Waals surface area contributed by atoms with Crippen LogP contribution < -0.4 is 5.32 Å². The van der Waals surface area contributed by atoms with Crippen LogP contribution in [0.25, 0.3) is 0 Å². The summed E-state index contributed by atoms with van der Waals surface area (Å²) in [4.78, 5) is 6.39. The van der Waals surface area contributed by atoms with Crippen molar-refractivity contribution in [1.29, 1.82) is 0 Å². The van der Waals surface area contributed by atoms with E-state index >= 15 is 0 Å². The molecule has 1 aromatic rings. The quantitative estimate of drug-likeness (QED) is 0.851. The first-order chi connectivity index (χ1) is 7.69. The van der Waals surface area contributed by atoms with Crippen molar-refractivity contribution in [2.45, 2.75) is 58.4 Å². The van der Waals surface area contributed by atoms with E-state index in [0.717, 1.165) is 6.54 Å². The third-order valence-corrected chi connectivity index (χ3v) is 4.81. The largest absolute Gasteiger partial charge is 0.306 e. The van der Waals surface area contributed by atoms with Crippen molar-refractivity contribution in [3.05, 3.63) is 15.6 Å². The Labute approximate surface area is 102 Å². The smallest absolute Gasteiger partial charge is 0.113 e. The predicted octanol–water partition coefficient (Wildman–Crippen LogP) is 3.26. The average molecular weight is 238 g/mol. The zero-order valence-electron chi connectivity index (χ0n) is 10.6. The summed E-state index contributed by atoms with van der Waals surface area (Å²) in [5, 5.41) is 4.92. The van der Waals surface area contributed by atoms with Gasteiger partial charge in [-0.1, -0.05) is 20.3 Å². The maximum atomic E-state index is 4.86. The molecule has 0 bridgehead atoms. The zero-order chi connectivity index (χ0) is 11.6. The number of nitrogens with one attached hydrogen (secondary N) is 1. The molecule has 1 atom stereocenters. The lowest BCUT2D eigenvalue weighted by Crippen LogP contribution is -2.39. The SMILES string of the molecule is CCCC(C)(NCC)c1nc2c(s1)CCC2. The number of nitrogens with zero attached hydrogens (tertiary/aromatic N) is 1. The van der Waals surface area contributed by atoms with Crippen molar-refractivity contribution in [2.75, 3.05) is 6.54 Å². The molecule has 1 unspecified atom stereocenters. The Kier molecular flexibility index (Phi) is 3.65. The lowest BCUT2D eigenvalue weighted by molar-refractivity contribution is 0.343. The van der Waals surface area contributed by atoms with Gasteiger partial charge in [0.15, 0.2) is 0 Å².